The molecule has 0 spiro atoms. The average molecular weight is 747 g/mol. The van der Waals surface area contributed by atoms with Crippen molar-refractivity contribution in [2.24, 2.45) is 0 Å². The molecule has 0 radical (unpaired) electrons. The molecule has 6 heteroatoms. The Hall–Kier alpha value is -7.41. The first-order chi connectivity index (χ1) is 28.2. The van der Waals surface area contributed by atoms with E-state index in [2.05, 4.69) is 150 Å². The first-order valence-electron chi connectivity index (χ1n) is 19.0. The zero-order valence-electron chi connectivity index (χ0n) is 30.4. The van der Waals surface area contributed by atoms with Gasteiger partial charge in [-0.25, -0.2) is 15.0 Å². The molecular formula is C51H30N4OS. The van der Waals surface area contributed by atoms with E-state index >= 15 is 0 Å². The monoisotopic (exact) mass is 746 g/mol. The van der Waals surface area contributed by atoms with Gasteiger partial charge in [0.2, 0.25) is 0 Å². The Morgan fingerprint density at radius 2 is 1.04 bits per heavy atom. The number of rotatable bonds is 5. The third-order valence-corrected chi connectivity index (χ3v) is 12.2. The van der Waals surface area contributed by atoms with Crippen LogP contribution in [0.1, 0.15) is 0 Å². The van der Waals surface area contributed by atoms with Crippen LogP contribution in [0.2, 0.25) is 0 Å². The zero-order valence-corrected chi connectivity index (χ0v) is 31.2. The molecule has 266 valence electrons. The highest BCUT2D eigenvalue weighted by molar-refractivity contribution is 7.26. The van der Waals surface area contributed by atoms with Gasteiger partial charge in [0.05, 0.1) is 11.0 Å². The van der Waals surface area contributed by atoms with Gasteiger partial charge in [0.25, 0.3) is 0 Å². The van der Waals surface area contributed by atoms with Crippen LogP contribution in [0, 0.1) is 0 Å². The lowest BCUT2D eigenvalue weighted by Gasteiger charge is -2.13. The Labute approximate surface area is 330 Å². The van der Waals surface area contributed by atoms with Crippen LogP contribution in [0.25, 0.3) is 115 Å². The number of aromatic nitrogens is 4. The van der Waals surface area contributed by atoms with Gasteiger partial charge in [-0.1, -0.05) is 133 Å². The Balaban J connectivity index is 1.16. The largest absolute Gasteiger partial charge is 0.456 e. The number of para-hydroxylation sites is 2. The van der Waals surface area contributed by atoms with E-state index in [9.17, 15) is 0 Å². The quantitative estimate of drug-likeness (QED) is 0.176. The molecule has 0 aliphatic heterocycles. The average Bonchev–Trinajstić information content (AvgIpc) is 3.95. The lowest BCUT2D eigenvalue weighted by Crippen LogP contribution is -2.01. The topological polar surface area (TPSA) is 56.7 Å². The highest BCUT2D eigenvalue weighted by Gasteiger charge is 2.22. The molecule has 4 aromatic heterocycles. The number of hydrogen-bond acceptors (Lipinski definition) is 5. The lowest BCUT2D eigenvalue weighted by atomic mass is 10.0. The zero-order chi connectivity index (χ0) is 37.5. The number of thiophene rings is 1. The lowest BCUT2D eigenvalue weighted by molar-refractivity contribution is 0.669. The molecule has 4 heterocycles. The Morgan fingerprint density at radius 1 is 0.386 bits per heavy atom. The van der Waals surface area contributed by atoms with Gasteiger partial charge in [0.1, 0.15) is 11.2 Å². The SMILES string of the molecule is c1ccc(-c2cccc(-c3nc(-c4ccccc4)nc(-c4cc(-n5c6ccccc6c6cc7oc8ccccc8c7cc65)cc5c4sc4ccccc45)n3)c2)cc1. The maximum atomic E-state index is 6.39. The normalized spacial score (nSPS) is 11.9. The smallest absolute Gasteiger partial charge is 0.165 e. The third-order valence-electron chi connectivity index (χ3n) is 11.0. The summed E-state index contributed by atoms with van der Waals surface area (Å²) >= 11 is 1.78. The molecule has 0 amide bonds. The summed E-state index contributed by atoms with van der Waals surface area (Å²) in [6.45, 7) is 0. The van der Waals surface area contributed by atoms with E-state index in [1.165, 1.54) is 15.5 Å². The molecule has 0 atom stereocenters. The molecule has 0 fully saturated rings. The van der Waals surface area contributed by atoms with Crippen LogP contribution in [-0.2, 0) is 0 Å². The van der Waals surface area contributed by atoms with Crippen molar-refractivity contribution in [3.8, 4) is 51.0 Å². The predicted molar refractivity (Wildman–Crippen MR) is 236 cm³/mol. The van der Waals surface area contributed by atoms with Gasteiger partial charge >= 0.3 is 0 Å². The highest BCUT2D eigenvalue weighted by atomic mass is 32.1. The number of benzene rings is 8. The molecule has 12 rings (SSSR count). The van der Waals surface area contributed by atoms with Crippen molar-refractivity contribution >= 4 is 75.3 Å². The van der Waals surface area contributed by atoms with Crippen LogP contribution >= 0.6 is 11.3 Å². The fourth-order valence-electron chi connectivity index (χ4n) is 8.38. The van der Waals surface area contributed by atoms with Crippen molar-refractivity contribution in [2.45, 2.75) is 0 Å². The van der Waals surface area contributed by atoms with Crippen LogP contribution in [0.5, 0.6) is 0 Å². The van der Waals surface area contributed by atoms with Gasteiger partial charge in [-0.2, -0.15) is 0 Å². The van der Waals surface area contributed by atoms with E-state index in [4.69, 9.17) is 19.4 Å². The second-order valence-corrected chi connectivity index (χ2v) is 15.5. The molecule has 0 bridgehead atoms. The second kappa shape index (κ2) is 12.6. The van der Waals surface area contributed by atoms with E-state index in [0.717, 1.165) is 81.9 Å². The fourth-order valence-corrected chi connectivity index (χ4v) is 9.58. The van der Waals surface area contributed by atoms with Crippen LogP contribution < -0.4 is 0 Å². The number of hydrogen-bond donors (Lipinski definition) is 0. The van der Waals surface area contributed by atoms with E-state index in [-0.39, 0.29) is 0 Å². The standard InChI is InChI=1S/C51H30N4OS/c1-3-14-31(15-4-1)33-18-13-19-34(26-33)50-52-49(32-16-5-2-6-17-32)53-51(54-50)42-28-35(27-41-38-22-9-12-25-47(38)57-48(41)42)55-43-23-10-7-20-36(43)39-30-46-40(29-44(39)55)37-21-8-11-24-45(37)56-46/h1-30H. The molecule has 57 heavy (non-hydrogen) atoms. The summed E-state index contributed by atoms with van der Waals surface area (Å²) in [6.07, 6.45) is 0. The van der Waals surface area contributed by atoms with Gasteiger partial charge in [-0.15, -0.1) is 11.3 Å². The molecule has 5 nitrogen and oxygen atoms in total. The summed E-state index contributed by atoms with van der Waals surface area (Å²) < 4.78 is 11.1. The Morgan fingerprint density at radius 3 is 1.88 bits per heavy atom. The summed E-state index contributed by atoms with van der Waals surface area (Å²) in [5.41, 5.74) is 10.1. The second-order valence-electron chi connectivity index (χ2n) is 14.4. The maximum absolute atomic E-state index is 6.39. The summed E-state index contributed by atoms with van der Waals surface area (Å²) in [7, 11) is 0. The number of nitrogens with zero attached hydrogens (tertiary/aromatic N) is 4. The van der Waals surface area contributed by atoms with Crippen molar-refractivity contribution in [2.75, 3.05) is 0 Å². The van der Waals surface area contributed by atoms with E-state index in [1.54, 1.807) is 11.3 Å². The van der Waals surface area contributed by atoms with Gasteiger partial charge < -0.3 is 8.98 Å². The summed E-state index contributed by atoms with van der Waals surface area (Å²) in [6, 6.07) is 63.8. The molecule has 0 saturated carbocycles. The van der Waals surface area contributed by atoms with Crippen LogP contribution in [-0.4, -0.2) is 19.5 Å². The number of furan rings is 1. The predicted octanol–water partition coefficient (Wildman–Crippen LogP) is 13.9. The summed E-state index contributed by atoms with van der Waals surface area (Å²) in [5, 5.41) is 6.88. The van der Waals surface area contributed by atoms with Crippen molar-refractivity contribution in [1.82, 2.24) is 19.5 Å². The van der Waals surface area contributed by atoms with Crippen molar-refractivity contribution < 1.29 is 4.42 Å². The fraction of sp³-hybridized carbons (Fsp3) is 0. The van der Waals surface area contributed by atoms with E-state index in [0.29, 0.717) is 17.5 Å². The Bertz CT molecular complexity index is 3530. The molecule has 8 aromatic carbocycles. The van der Waals surface area contributed by atoms with Gasteiger partial charge in [0.15, 0.2) is 17.5 Å². The molecule has 0 saturated heterocycles. The minimum absolute atomic E-state index is 0.627. The van der Waals surface area contributed by atoms with Crippen molar-refractivity contribution in [3.05, 3.63) is 182 Å². The molecule has 0 unspecified atom stereocenters. The van der Waals surface area contributed by atoms with Crippen molar-refractivity contribution in [1.29, 1.82) is 0 Å². The minimum Gasteiger partial charge on any atom is -0.456 e. The van der Waals surface area contributed by atoms with Crippen molar-refractivity contribution in [3.63, 3.8) is 0 Å². The van der Waals surface area contributed by atoms with Crippen LogP contribution in [0.4, 0.5) is 0 Å². The van der Waals surface area contributed by atoms with Crippen LogP contribution in [0.15, 0.2) is 186 Å². The molecule has 0 N–H and O–H groups in total. The van der Waals surface area contributed by atoms with E-state index < -0.39 is 0 Å². The summed E-state index contributed by atoms with van der Waals surface area (Å²) in [4.78, 5) is 15.7. The molecule has 12 aromatic rings. The molecule has 0 aliphatic carbocycles. The molecule has 0 aliphatic rings. The van der Waals surface area contributed by atoms with Crippen LogP contribution in [0.3, 0.4) is 0 Å². The van der Waals surface area contributed by atoms with Gasteiger partial charge in [0, 0.05) is 64.1 Å². The first-order valence-corrected chi connectivity index (χ1v) is 19.8. The first kappa shape index (κ1) is 31.9. The van der Waals surface area contributed by atoms with Gasteiger partial charge in [-0.05, 0) is 59.7 Å². The molecular weight excluding hydrogens is 717 g/mol. The third kappa shape index (κ3) is 5.12. The number of fused-ring (bicyclic) bond motifs is 9. The summed E-state index contributed by atoms with van der Waals surface area (Å²) in [5.74, 6) is 1.89. The minimum atomic E-state index is 0.627. The van der Waals surface area contributed by atoms with E-state index in [1.807, 2.05) is 36.4 Å². The Kier molecular flexibility index (Phi) is 7.03. The van der Waals surface area contributed by atoms with Gasteiger partial charge in [-0.3, -0.25) is 0 Å². The maximum Gasteiger partial charge on any atom is 0.165 e. The highest BCUT2D eigenvalue weighted by Crippen LogP contribution is 2.44.